The molecule has 2 nitrogen and oxygen atoms in total. The van der Waals surface area contributed by atoms with Crippen LogP contribution in [0.15, 0.2) is 23.6 Å². The number of benzene rings is 1. The summed E-state index contributed by atoms with van der Waals surface area (Å²) in [5, 5.41) is 2.69. The number of thiazole rings is 1. The monoisotopic (exact) mass is 311 g/mol. The van der Waals surface area contributed by atoms with Gasteiger partial charge in [0.1, 0.15) is 10.8 Å². The number of nitrogens with zero attached hydrogens (tertiary/aromatic N) is 1. The zero-order chi connectivity index (χ0) is 13.9. The molecule has 3 rings (SSSR count). The number of hydrogen-bond donors (Lipinski definition) is 0. The molecule has 0 aliphatic heterocycles. The van der Waals surface area contributed by atoms with Gasteiger partial charge in [-0.2, -0.15) is 0 Å². The second-order valence-electron chi connectivity index (χ2n) is 5.04. The highest BCUT2D eigenvalue weighted by molar-refractivity contribution is 7.13. The van der Waals surface area contributed by atoms with Gasteiger partial charge in [-0.25, -0.2) is 9.37 Å². The first-order valence-corrected chi connectivity index (χ1v) is 8.04. The summed E-state index contributed by atoms with van der Waals surface area (Å²) in [6.45, 7) is 1.08. The Kier molecular flexibility index (Phi) is 4.34. The molecule has 1 aliphatic rings. The van der Waals surface area contributed by atoms with Gasteiger partial charge < -0.3 is 4.74 Å². The first-order chi connectivity index (χ1) is 9.76. The lowest BCUT2D eigenvalue weighted by molar-refractivity contribution is 0.109. The lowest BCUT2D eigenvalue weighted by atomic mass is 10.1. The zero-order valence-corrected chi connectivity index (χ0v) is 12.5. The van der Waals surface area contributed by atoms with Gasteiger partial charge in [0.15, 0.2) is 0 Å². The largest absolute Gasteiger partial charge is 0.376 e. The highest BCUT2D eigenvalue weighted by atomic mass is 35.5. The first-order valence-electron chi connectivity index (χ1n) is 6.63. The maximum absolute atomic E-state index is 14.0. The SMILES string of the molecule is Fc1cc(-c2nc(CCl)cs2)ccc1COCC1CC1. The van der Waals surface area contributed by atoms with Gasteiger partial charge in [0.25, 0.3) is 0 Å². The molecule has 1 heterocycles. The van der Waals surface area contributed by atoms with E-state index in [0.717, 1.165) is 22.9 Å². The van der Waals surface area contributed by atoms with E-state index in [1.54, 1.807) is 6.07 Å². The predicted molar refractivity (Wildman–Crippen MR) is 79.4 cm³/mol. The fourth-order valence-electron chi connectivity index (χ4n) is 1.92. The van der Waals surface area contributed by atoms with Crippen LogP contribution in [0.2, 0.25) is 0 Å². The highest BCUT2D eigenvalue weighted by Gasteiger charge is 2.21. The molecule has 5 heteroatoms. The second kappa shape index (κ2) is 6.20. The van der Waals surface area contributed by atoms with E-state index in [2.05, 4.69) is 4.98 Å². The lowest BCUT2D eigenvalue weighted by Gasteiger charge is -2.06. The van der Waals surface area contributed by atoms with E-state index in [-0.39, 0.29) is 5.82 Å². The summed E-state index contributed by atoms with van der Waals surface area (Å²) in [5.41, 5.74) is 2.21. The summed E-state index contributed by atoms with van der Waals surface area (Å²) < 4.78 is 19.6. The van der Waals surface area contributed by atoms with Crippen LogP contribution in [0, 0.1) is 11.7 Å². The van der Waals surface area contributed by atoms with E-state index in [0.29, 0.717) is 24.0 Å². The normalized spacial score (nSPS) is 14.7. The van der Waals surface area contributed by atoms with Gasteiger partial charge >= 0.3 is 0 Å². The number of aromatic nitrogens is 1. The van der Waals surface area contributed by atoms with E-state index >= 15 is 0 Å². The van der Waals surface area contributed by atoms with Crippen LogP contribution in [-0.2, 0) is 17.2 Å². The molecule has 20 heavy (non-hydrogen) atoms. The quantitative estimate of drug-likeness (QED) is 0.727. The number of ether oxygens (including phenoxy) is 1. The van der Waals surface area contributed by atoms with Gasteiger partial charge in [-0.15, -0.1) is 22.9 Å². The topological polar surface area (TPSA) is 22.1 Å². The van der Waals surface area contributed by atoms with E-state index in [9.17, 15) is 4.39 Å². The van der Waals surface area contributed by atoms with E-state index in [1.165, 1.54) is 30.2 Å². The van der Waals surface area contributed by atoms with Crippen molar-refractivity contribution in [3.63, 3.8) is 0 Å². The lowest BCUT2D eigenvalue weighted by Crippen LogP contribution is -1.99. The predicted octanol–water partition coefficient (Wildman–Crippen LogP) is 4.61. The number of alkyl halides is 1. The van der Waals surface area contributed by atoms with Crippen molar-refractivity contribution in [1.82, 2.24) is 4.98 Å². The van der Waals surface area contributed by atoms with Crippen molar-refractivity contribution in [2.45, 2.75) is 25.3 Å². The molecule has 1 aromatic heterocycles. The Labute approximate surface area is 126 Å². The zero-order valence-electron chi connectivity index (χ0n) is 10.9. The molecule has 106 valence electrons. The van der Waals surface area contributed by atoms with Crippen molar-refractivity contribution in [3.8, 4) is 10.6 Å². The molecular weight excluding hydrogens is 297 g/mol. The average Bonchev–Trinajstić information content (AvgIpc) is 3.15. The van der Waals surface area contributed by atoms with Crippen molar-refractivity contribution < 1.29 is 9.13 Å². The maximum Gasteiger partial charge on any atom is 0.129 e. The van der Waals surface area contributed by atoms with Crippen molar-refractivity contribution >= 4 is 22.9 Å². The third-order valence-corrected chi connectivity index (χ3v) is 4.51. The van der Waals surface area contributed by atoms with Crippen molar-refractivity contribution in [2.24, 2.45) is 5.92 Å². The van der Waals surface area contributed by atoms with E-state index in [1.807, 2.05) is 11.4 Å². The standard InChI is InChI=1S/C15H15ClFNOS/c16-6-13-9-20-15(18-13)11-3-4-12(14(17)5-11)8-19-7-10-1-2-10/h3-5,9-10H,1-2,6-8H2. The van der Waals surface area contributed by atoms with Crippen LogP contribution >= 0.6 is 22.9 Å². The van der Waals surface area contributed by atoms with Gasteiger partial charge in [-0.05, 0) is 24.8 Å². The van der Waals surface area contributed by atoms with Crippen LogP contribution in [0.5, 0.6) is 0 Å². The Morgan fingerprint density at radius 3 is 2.90 bits per heavy atom. The van der Waals surface area contributed by atoms with Crippen LogP contribution in [0.25, 0.3) is 10.6 Å². The third kappa shape index (κ3) is 3.37. The smallest absolute Gasteiger partial charge is 0.129 e. The molecular formula is C15H15ClFNOS. The number of hydrogen-bond acceptors (Lipinski definition) is 3. The fraction of sp³-hybridized carbons (Fsp3) is 0.400. The van der Waals surface area contributed by atoms with Crippen LogP contribution in [0.1, 0.15) is 24.1 Å². The van der Waals surface area contributed by atoms with Crippen molar-refractivity contribution in [1.29, 1.82) is 0 Å². The van der Waals surface area contributed by atoms with E-state index < -0.39 is 0 Å². The molecule has 0 amide bonds. The molecule has 0 unspecified atom stereocenters. The van der Waals surface area contributed by atoms with Crippen LogP contribution < -0.4 is 0 Å². The maximum atomic E-state index is 14.0. The summed E-state index contributed by atoms with van der Waals surface area (Å²) in [7, 11) is 0. The summed E-state index contributed by atoms with van der Waals surface area (Å²) in [4.78, 5) is 4.35. The van der Waals surface area contributed by atoms with Gasteiger partial charge in [0, 0.05) is 23.1 Å². The molecule has 0 bridgehead atoms. The van der Waals surface area contributed by atoms with Gasteiger partial charge in [0.2, 0.25) is 0 Å². The van der Waals surface area contributed by atoms with Gasteiger partial charge in [-0.1, -0.05) is 12.1 Å². The van der Waals surface area contributed by atoms with E-state index in [4.69, 9.17) is 16.3 Å². The molecule has 1 fully saturated rings. The second-order valence-corrected chi connectivity index (χ2v) is 6.17. The summed E-state index contributed by atoms with van der Waals surface area (Å²) >= 11 is 7.20. The van der Waals surface area contributed by atoms with Crippen LogP contribution in [0.4, 0.5) is 4.39 Å². The van der Waals surface area contributed by atoms with Crippen LogP contribution in [0.3, 0.4) is 0 Å². The number of rotatable bonds is 6. The highest BCUT2D eigenvalue weighted by Crippen LogP contribution is 2.30. The minimum Gasteiger partial charge on any atom is -0.376 e. The Balaban J connectivity index is 1.68. The minimum atomic E-state index is -0.235. The summed E-state index contributed by atoms with van der Waals surface area (Å²) in [6.07, 6.45) is 2.49. The third-order valence-electron chi connectivity index (χ3n) is 3.30. The minimum absolute atomic E-state index is 0.235. The molecule has 1 saturated carbocycles. The molecule has 0 atom stereocenters. The van der Waals surface area contributed by atoms with Crippen molar-refractivity contribution in [3.05, 3.63) is 40.7 Å². The fourth-order valence-corrected chi connectivity index (χ4v) is 2.96. The Morgan fingerprint density at radius 2 is 2.25 bits per heavy atom. The first kappa shape index (κ1) is 14.0. The molecule has 1 aliphatic carbocycles. The molecule has 0 saturated heterocycles. The Morgan fingerprint density at radius 1 is 1.40 bits per heavy atom. The molecule has 2 aromatic rings. The van der Waals surface area contributed by atoms with Gasteiger partial charge in [0.05, 0.1) is 18.2 Å². The van der Waals surface area contributed by atoms with Gasteiger partial charge in [-0.3, -0.25) is 0 Å². The molecule has 0 radical (unpaired) electrons. The molecule has 1 aromatic carbocycles. The summed E-state index contributed by atoms with van der Waals surface area (Å²) in [5.74, 6) is 0.842. The van der Waals surface area contributed by atoms with Crippen molar-refractivity contribution in [2.75, 3.05) is 6.61 Å². The number of halogens is 2. The molecule has 0 N–H and O–H groups in total. The Bertz CT molecular complexity index is 597. The Hall–Kier alpha value is -0.970. The molecule has 0 spiro atoms. The summed E-state index contributed by atoms with van der Waals surface area (Å²) in [6, 6.07) is 5.18. The average molecular weight is 312 g/mol. The van der Waals surface area contributed by atoms with Crippen LogP contribution in [-0.4, -0.2) is 11.6 Å².